The monoisotopic (exact) mass is 237 g/mol. The molecule has 0 amide bonds. The molecule has 2 rings (SSSR count). The van der Waals surface area contributed by atoms with Crippen LogP contribution in [-0.4, -0.2) is 40.2 Å². The summed E-state index contributed by atoms with van der Waals surface area (Å²) in [6.07, 6.45) is 3.94. The van der Waals surface area contributed by atoms with Crippen molar-refractivity contribution < 1.29 is 4.74 Å². The van der Waals surface area contributed by atoms with Gasteiger partial charge in [-0.25, -0.2) is 10.8 Å². The fourth-order valence-electron chi connectivity index (χ4n) is 2.15. The third-order valence-electron chi connectivity index (χ3n) is 2.73. The van der Waals surface area contributed by atoms with E-state index < -0.39 is 0 Å². The van der Waals surface area contributed by atoms with Crippen LogP contribution in [0.3, 0.4) is 0 Å². The van der Waals surface area contributed by atoms with Gasteiger partial charge in [-0.05, 0) is 13.8 Å². The smallest absolute Gasteiger partial charge is 0.158 e. The highest BCUT2D eigenvalue weighted by Gasteiger charge is 2.22. The van der Waals surface area contributed by atoms with Gasteiger partial charge in [0.25, 0.3) is 0 Å². The lowest BCUT2D eigenvalue weighted by molar-refractivity contribution is -0.0707. The lowest BCUT2D eigenvalue weighted by Crippen LogP contribution is -2.44. The summed E-state index contributed by atoms with van der Waals surface area (Å²) in [6.45, 7) is 6.85. The molecule has 17 heavy (non-hydrogen) atoms. The Labute approximate surface area is 101 Å². The minimum Gasteiger partial charge on any atom is -0.373 e. The van der Waals surface area contributed by atoms with E-state index in [0.717, 1.165) is 25.3 Å². The second-order valence-corrected chi connectivity index (χ2v) is 4.49. The van der Waals surface area contributed by atoms with Crippen molar-refractivity contribution >= 4 is 5.82 Å². The molecule has 2 heterocycles. The van der Waals surface area contributed by atoms with E-state index in [1.165, 1.54) is 0 Å². The molecule has 2 atom stereocenters. The summed E-state index contributed by atoms with van der Waals surface area (Å²) in [5, 5.41) is 0. The first-order valence-corrected chi connectivity index (χ1v) is 5.82. The SMILES string of the molecule is C[C@@H]1CN(Cc2cnc(NN)cn2)C[C@H](C)O1. The number of hydrazine groups is 1. The van der Waals surface area contributed by atoms with Gasteiger partial charge in [0.1, 0.15) is 0 Å². The average Bonchev–Trinajstić information content (AvgIpc) is 2.28. The van der Waals surface area contributed by atoms with Crippen LogP contribution in [0.5, 0.6) is 0 Å². The number of morpholine rings is 1. The second kappa shape index (κ2) is 5.39. The molecule has 0 bridgehead atoms. The molecule has 1 aliphatic heterocycles. The van der Waals surface area contributed by atoms with E-state index in [0.29, 0.717) is 5.82 Å². The van der Waals surface area contributed by atoms with Gasteiger partial charge in [0, 0.05) is 19.6 Å². The Morgan fingerprint density at radius 1 is 1.35 bits per heavy atom. The van der Waals surface area contributed by atoms with Crippen LogP contribution in [0.2, 0.25) is 0 Å². The van der Waals surface area contributed by atoms with Crippen LogP contribution >= 0.6 is 0 Å². The maximum absolute atomic E-state index is 5.69. The van der Waals surface area contributed by atoms with Crippen molar-refractivity contribution in [2.45, 2.75) is 32.6 Å². The molecule has 6 heteroatoms. The van der Waals surface area contributed by atoms with Gasteiger partial charge in [-0.15, -0.1) is 0 Å². The minimum absolute atomic E-state index is 0.275. The molecule has 1 aliphatic rings. The molecule has 1 fully saturated rings. The molecule has 1 saturated heterocycles. The van der Waals surface area contributed by atoms with Gasteiger partial charge in [0.05, 0.1) is 30.3 Å². The Bertz CT molecular complexity index is 345. The zero-order valence-corrected chi connectivity index (χ0v) is 10.3. The van der Waals surface area contributed by atoms with Gasteiger partial charge in [-0.3, -0.25) is 9.88 Å². The van der Waals surface area contributed by atoms with Crippen molar-refractivity contribution in [2.75, 3.05) is 18.5 Å². The van der Waals surface area contributed by atoms with E-state index in [2.05, 4.69) is 34.1 Å². The lowest BCUT2D eigenvalue weighted by atomic mass is 10.2. The highest BCUT2D eigenvalue weighted by atomic mass is 16.5. The van der Waals surface area contributed by atoms with Crippen molar-refractivity contribution in [2.24, 2.45) is 5.84 Å². The van der Waals surface area contributed by atoms with Gasteiger partial charge in [-0.1, -0.05) is 0 Å². The van der Waals surface area contributed by atoms with E-state index >= 15 is 0 Å². The van der Waals surface area contributed by atoms with Gasteiger partial charge >= 0.3 is 0 Å². The zero-order valence-electron chi connectivity index (χ0n) is 10.3. The van der Waals surface area contributed by atoms with Crippen LogP contribution in [-0.2, 0) is 11.3 Å². The van der Waals surface area contributed by atoms with Crippen molar-refractivity contribution in [3.05, 3.63) is 18.1 Å². The number of nitrogens with two attached hydrogens (primary N) is 1. The molecule has 6 nitrogen and oxygen atoms in total. The number of nitrogens with zero attached hydrogens (tertiary/aromatic N) is 3. The highest BCUT2D eigenvalue weighted by molar-refractivity contribution is 5.28. The largest absolute Gasteiger partial charge is 0.373 e. The van der Waals surface area contributed by atoms with Crippen molar-refractivity contribution in [3.63, 3.8) is 0 Å². The van der Waals surface area contributed by atoms with Crippen molar-refractivity contribution in [3.8, 4) is 0 Å². The van der Waals surface area contributed by atoms with Crippen LogP contribution < -0.4 is 11.3 Å². The summed E-state index contributed by atoms with van der Waals surface area (Å²) in [4.78, 5) is 10.8. The number of rotatable bonds is 3. The van der Waals surface area contributed by atoms with Crippen molar-refractivity contribution in [1.29, 1.82) is 0 Å². The molecule has 0 saturated carbocycles. The van der Waals surface area contributed by atoms with E-state index in [1.54, 1.807) is 12.4 Å². The van der Waals surface area contributed by atoms with Gasteiger partial charge in [0.15, 0.2) is 5.82 Å². The molecule has 0 unspecified atom stereocenters. The van der Waals surface area contributed by atoms with Crippen molar-refractivity contribution in [1.82, 2.24) is 14.9 Å². The third-order valence-corrected chi connectivity index (χ3v) is 2.73. The van der Waals surface area contributed by atoms with Crippen LogP contribution in [0.15, 0.2) is 12.4 Å². The Hall–Kier alpha value is -1.24. The predicted molar refractivity (Wildman–Crippen MR) is 65.1 cm³/mol. The minimum atomic E-state index is 0.275. The Balaban J connectivity index is 1.95. The average molecular weight is 237 g/mol. The molecule has 94 valence electrons. The van der Waals surface area contributed by atoms with Crippen LogP contribution in [0, 0.1) is 0 Å². The van der Waals surface area contributed by atoms with E-state index in [-0.39, 0.29) is 12.2 Å². The fourth-order valence-corrected chi connectivity index (χ4v) is 2.15. The van der Waals surface area contributed by atoms with Gasteiger partial charge < -0.3 is 10.2 Å². The zero-order chi connectivity index (χ0) is 12.3. The van der Waals surface area contributed by atoms with Crippen LogP contribution in [0.1, 0.15) is 19.5 Å². The first-order chi connectivity index (χ1) is 8.17. The topological polar surface area (TPSA) is 76.3 Å². The first kappa shape index (κ1) is 12.2. The summed E-state index contributed by atoms with van der Waals surface area (Å²) < 4.78 is 5.69. The summed E-state index contributed by atoms with van der Waals surface area (Å²) >= 11 is 0. The maximum atomic E-state index is 5.69. The maximum Gasteiger partial charge on any atom is 0.158 e. The summed E-state index contributed by atoms with van der Waals surface area (Å²) in [5.74, 6) is 5.82. The lowest BCUT2D eigenvalue weighted by Gasteiger charge is -2.34. The first-order valence-electron chi connectivity index (χ1n) is 5.82. The Morgan fingerprint density at radius 2 is 2.06 bits per heavy atom. The Kier molecular flexibility index (Phi) is 3.88. The molecule has 0 radical (unpaired) electrons. The molecule has 3 N–H and O–H groups in total. The molecule has 0 aliphatic carbocycles. The summed E-state index contributed by atoms with van der Waals surface area (Å²) in [6, 6.07) is 0. The number of nitrogens with one attached hydrogen (secondary N) is 1. The number of hydrogen-bond acceptors (Lipinski definition) is 6. The molecule has 1 aromatic rings. The normalized spacial score (nSPS) is 25.8. The number of ether oxygens (including phenoxy) is 1. The third kappa shape index (κ3) is 3.36. The van der Waals surface area contributed by atoms with Crippen LogP contribution in [0.4, 0.5) is 5.82 Å². The number of hydrogen-bond donors (Lipinski definition) is 2. The summed E-state index contributed by atoms with van der Waals surface area (Å²) in [7, 11) is 0. The summed E-state index contributed by atoms with van der Waals surface area (Å²) in [5.41, 5.74) is 3.41. The van der Waals surface area contributed by atoms with Crippen LogP contribution in [0.25, 0.3) is 0 Å². The quantitative estimate of drug-likeness (QED) is 0.584. The van der Waals surface area contributed by atoms with E-state index in [4.69, 9.17) is 10.6 Å². The molecule has 1 aromatic heterocycles. The van der Waals surface area contributed by atoms with E-state index in [1.807, 2.05) is 0 Å². The standard InChI is InChI=1S/C11H19N5O/c1-8-5-16(6-9(2)17-8)7-10-3-14-11(15-12)4-13-10/h3-4,8-9H,5-7,12H2,1-2H3,(H,14,15)/t8-,9+. The molecule has 0 aromatic carbocycles. The highest BCUT2D eigenvalue weighted by Crippen LogP contribution is 2.13. The van der Waals surface area contributed by atoms with Gasteiger partial charge in [-0.2, -0.15) is 0 Å². The Morgan fingerprint density at radius 3 is 2.59 bits per heavy atom. The number of anilines is 1. The molecular formula is C11H19N5O. The fraction of sp³-hybridized carbons (Fsp3) is 0.636. The number of aromatic nitrogens is 2. The molecule has 0 spiro atoms. The predicted octanol–water partition coefficient (Wildman–Crippen LogP) is 0.371. The van der Waals surface area contributed by atoms with E-state index in [9.17, 15) is 0 Å². The van der Waals surface area contributed by atoms with Gasteiger partial charge in [0.2, 0.25) is 0 Å². The number of nitrogen functional groups attached to an aromatic ring is 1. The molecular weight excluding hydrogens is 218 g/mol. The second-order valence-electron chi connectivity index (χ2n) is 4.49.